The van der Waals surface area contributed by atoms with Crippen LogP contribution in [-0.4, -0.2) is 10.9 Å². The molecule has 86 valence electrons. The summed E-state index contributed by atoms with van der Waals surface area (Å²) in [5.41, 5.74) is 1.75. The second-order valence-electron chi connectivity index (χ2n) is 3.67. The molecule has 2 aromatic rings. The maximum absolute atomic E-state index is 11.9. The largest absolute Gasteiger partial charge is 0.307 e. The molecule has 1 N–H and O–H groups in total. The normalized spacial score (nSPS) is 10.0. The lowest BCUT2D eigenvalue weighted by Crippen LogP contribution is -2.12. The van der Waals surface area contributed by atoms with Gasteiger partial charge in [-0.2, -0.15) is 0 Å². The molecule has 0 atom stereocenters. The molecular formula is C13H11BrN2O. The number of halogens is 1. The van der Waals surface area contributed by atoms with Gasteiger partial charge in [-0.05, 0) is 47.1 Å². The van der Waals surface area contributed by atoms with E-state index in [1.807, 2.05) is 31.2 Å². The summed E-state index contributed by atoms with van der Waals surface area (Å²) in [5.74, 6) is 0.376. The van der Waals surface area contributed by atoms with Gasteiger partial charge in [-0.25, -0.2) is 4.98 Å². The molecule has 0 aliphatic heterocycles. The van der Waals surface area contributed by atoms with Crippen LogP contribution in [0.2, 0.25) is 0 Å². The van der Waals surface area contributed by atoms with Crippen molar-refractivity contribution in [3.05, 3.63) is 58.2 Å². The number of nitrogens with one attached hydrogen (secondary N) is 1. The molecule has 0 unspecified atom stereocenters. The van der Waals surface area contributed by atoms with Crippen molar-refractivity contribution in [1.29, 1.82) is 0 Å². The number of benzene rings is 1. The average molecular weight is 291 g/mol. The minimum absolute atomic E-state index is 0.157. The van der Waals surface area contributed by atoms with Gasteiger partial charge in [-0.3, -0.25) is 4.79 Å². The third-order valence-electron chi connectivity index (χ3n) is 2.27. The van der Waals surface area contributed by atoms with Crippen LogP contribution in [0.5, 0.6) is 0 Å². The van der Waals surface area contributed by atoms with Crippen molar-refractivity contribution in [2.24, 2.45) is 0 Å². The first kappa shape index (κ1) is 11.8. The molecule has 0 spiro atoms. The first-order valence-corrected chi connectivity index (χ1v) is 5.95. The zero-order valence-corrected chi connectivity index (χ0v) is 10.9. The van der Waals surface area contributed by atoms with Crippen LogP contribution < -0.4 is 5.32 Å². The van der Waals surface area contributed by atoms with Crippen LogP contribution in [0.1, 0.15) is 15.9 Å². The molecule has 0 aliphatic rings. The number of nitrogens with zero attached hydrogens (tertiary/aromatic N) is 1. The highest BCUT2D eigenvalue weighted by molar-refractivity contribution is 9.10. The molecule has 2 rings (SSSR count). The fourth-order valence-electron chi connectivity index (χ4n) is 1.37. The Balaban J connectivity index is 2.14. The first-order valence-electron chi connectivity index (χ1n) is 5.16. The lowest BCUT2D eigenvalue weighted by molar-refractivity contribution is 0.102. The molecule has 1 aromatic heterocycles. The summed E-state index contributed by atoms with van der Waals surface area (Å²) < 4.78 is 0.694. The molecular weight excluding hydrogens is 280 g/mol. The van der Waals surface area contributed by atoms with Crippen LogP contribution in [0, 0.1) is 6.92 Å². The van der Waals surface area contributed by atoms with Crippen LogP contribution in [0.25, 0.3) is 0 Å². The van der Waals surface area contributed by atoms with Crippen LogP contribution in [0.3, 0.4) is 0 Å². The van der Waals surface area contributed by atoms with Gasteiger partial charge >= 0.3 is 0 Å². The number of aryl methyl sites for hydroxylation is 1. The van der Waals surface area contributed by atoms with E-state index in [0.717, 1.165) is 5.56 Å². The van der Waals surface area contributed by atoms with E-state index in [-0.39, 0.29) is 5.91 Å². The Kier molecular flexibility index (Phi) is 3.54. The van der Waals surface area contributed by atoms with E-state index in [1.54, 1.807) is 18.2 Å². The number of carbonyl (C=O) groups excluding carboxylic acids is 1. The van der Waals surface area contributed by atoms with E-state index >= 15 is 0 Å². The number of amides is 1. The number of rotatable bonds is 2. The van der Waals surface area contributed by atoms with Gasteiger partial charge in [-0.15, -0.1) is 0 Å². The summed E-state index contributed by atoms with van der Waals surface area (Å²) in [6.45, 7) is 1.98. The highest BCUT2D eigenvalue weighted by atomic mass is 79.9. The highest BCUT2D eigenvalue weighted by Crippen LogP contribution is 2.11. The van der Waals surface area contributed by atoms with Crippen LogP contribution in [0.4, 0.5) is 5.82 Å². The molecule has 0 fully saturated rings. The zero-order valence-electron chi connectivity index (χ0n) is 9.27. The Bertz CT molecular complexity index is 537. The van der Waals surface area contributed by atoms with E-state index in [0.29, 0.717) is 16.0 Å². The van der Waals surface area contributed by atoms with Crippen LogP contribution in [-0.2, 0) is 0 Å². The Morgan fingerprint density at radius 2 is 1.88 bits per heavy atom. The van der Waals surface area contributed by atoms with Gasteiger partial charge < -0.3 is 5.32 Å². The van der Waals surface area contributed by atoms with Crippen molar-refractivity contribution in [1.82, 2.24) is 4.98 Å². The summed E-state index contributed by atoms with van der Waals surface area (Å²) in [4.78, 5) is 16.0. The van der Waals surface area contributed by atoms with Gasteiger partial charge in [0.25, 0.3) is 5.91 Å². The van der Waals surface area contributed by atoms with Crippen molar-refractivity contribution in [2.75, 3.05) is 5.32 Å². The third kappa shape index (κ3) is 3.14. The monoisotopic (exact) mass is 290 g/mol. The van der Waals surface area contributed by atoms with Crippen molar-refractivity contribution >= 4 is 27.7 Å². The van der Waals surface area contributed by atoms with Crippen molar-refractivity contribution < 1.29 is 4.79 Å². The van der Waals surface area contributed by atoms with Crippen molar-refractivity contribution in [2.45, 2.75) is 6.92 Å². The van der Waals surface area contributed by atoms with Crippen molar-refractivity contribution in [3.8, 4) is 0 Å². The lowest BCUT2D eigenvalue weighted by atomic mass is 10.1. The predicted molar refractivity (Wildman–Crippen MR) is 71.1 cm³/mol. The Morgan fingerprint density at radius 1 is 1.18 bits per heavy atom. The molecule has 0 saturated heterocycles. The van der Waals surface area contributed by atoms with Gasteiger partial charge in [0, 0.05) is 5.56 Å². The fraction of sp³-hybridized carbons (Fsp3) is 0.0769. The molecule has 0 aliphatic carbocycles. The van der Waals surface area contributed by atoms with Crippen molar-refractivity contribution in [3.63, 3.8) is 0 Å². The summed E-state index contributed by atoms with van der Waals surface area (Å²) in [6.07, 6.45) is 0. The van der Waals surface area contributed by atoms with Crippen LogP contribution in [0.15, 0.2) is 47.1 Å². The number of anilines is 1. The van der Waals surface area contributed by atoms with Gasteiger partial charge in [0.1, 0.15) is 10.4 Å². The molecule has 4 heteroatoms. The van der Waals surface area contributed by atoms with Gasteiger partial charge in [0.05, 0.1) is 0 Å². The Hall–Kier alpha value is -1.68. The maximum Gasteiger partial charge on any atom is 0.256 e. The highest BCUT2D eigenvalue weighted by Gasteiger charge is 2.06. The number of carbonyl (C=O) groups is 1. The second-order valence-corrected chi connectivity index (χ2v) is 4.48. The minimum Gasteiger partial charge on any atom is -0.307 e. The van der Waals surface area contributed by atoms with Gasteiger partial charge in [0.2, 0.25) is 0 Å². The minimum atomic E-state index is -0.157. The Morgan fingerprint density at radius 3 is 2.53 bits per heavy atom. The lowest BCUT2D eigenvalue weighted by Gasteiger charge is -2.04. The quantitative estimate of drug-likeness (QED) is 0.862. The first-order chi connectivity index (χ1) is 8.15. The number of pyridine rings is 1. The van der Waals surface area contributed by atoms with Gasteiger partial charge in [0.15, 0.2) is 0 Å². The number of hydrogen-bond donors (Lipinski definition) is 1. The summed E-state index contributed by atoms with van der Waals surface area (Å²) in [7, 11) is 0. The zero-order chi connectivity index (χ0) is 12.3. The van der Waals surface area contributed by atoms with E-state index in [4.69, 9.17) is 0 Å². The SMILES string of the molecule is Cc1ccc(C(=O)Nc2cccc(Br)n2)cc1. The molecule has 1 heterocycles. The fourth-order valence-corrected chi connectivity index (χ4v) is 1.71. The standard InChI is InChI=1S/C13H11BrN2O/c1-9-5-7-10(8-6-9)13(17)16-12-4-2-3-11(14)15-12/h2-8H,1H3,(H,15,16,17). The smallest absolute Gasteiger partial charge is 0.256 e. The molecule has 17 heavy (non-hydrogen) atoms. The molecule has 0 saturated carbocycles. The summed E-state index contributed by atoms with van der Waals surface area (Å²) in [5, 5.41) is 2.74. The van der Waals surface area contributed by atoms with Crippen LogP contribution >= 0.6 is 15.9 Å². The molecule has 0 bridgehead atoms. The summed E-state index contributed by atoms with van der Waals surface area (Å²) >= 11 is 3.26. The topological polar surface area (TPSA) is 42.0 Å². The number of aromatic nitrogens is 1. The maximum atomic E-state index is 11.9. The second kappa shape index (κ2) is 5.10. The van der Waals surface area contributed by atoms with E-state index in [1.165, 1.54) is 0 Å². The number of hydrogen-bond acceptors (Lipinski definition) is 2. The molecule has 0 radical (unpaired) electrons. The predicted octanol–water partition coefficient (Wildman–Crippen LogP) is 3.40. The Labute approximate surface area is 108 Å². The molecule has 1 amide bonds. The average Bonchev–Trinajstić information content (AvgIpc) is 2.29. The molecule has 3 nitrogen and oxygen atoms in total. The van der Waals surface area contributed by atoms with Gasteiger partial charge in [-0.1, -0.05) is 23.8 Å². The summed E-state index contributed by atoms with van der Waals surface area (Å²) in [6, 6.07) is 12.8. The van der Waals surface area contributed by atoms with E-state index in [9.17, 15) is 4.79 Å². The van der Waals surface area contributed by atoms with E-state index in [2.05, 4.69) is 26.2 Å². The molecule has 1 aromatic carbocycles. The third-order valence-corrected chi connectivity index (χ3v) is 2.71. The van der Waals surface area contributed by atoms with E-state index < -0.39 is 0 Å².